The molecule has 37 heavy (non-hydrogen) atoms. The average Bonchev–Trinajstić information content (AvgIpc) is 3.57. The van der Waals surface area contributed by atoms with Crippen LogP contribution < -0.4 is 9.61 Å². The number of rotatable bonds is 6. The first-order valence-electron chi connectivity index (χ1n) is 12.5. The molecule has 3 N–H and O–H groups in total. The number of nitrogens with one attached hydrogen (secondary N) is 1. The van der Waals surface area contributed by atoms with E-state index in [1.165, 1.54) is 7.11 Å². The van der Waals surface area contributed by atoms with Gasteiger partial charge in [0, 0.05) is 16.0 Å². The minimum Gasteiger partial charge on any atom is -0.504 e. The summed E-state index contributed by atoms with van der Waals surface area (Å²) >= 11 is 2.73. The molecule has 0 unspecified atom stereocenters. The van der Waals surface area contributed by atoms with Crippen molar-refractivity contribution in [2.24, 2.45) is 35.5 Å². The molecule has 4 aliphatic rings. The predicted octanol–water partition coefficient (Wildman–Crippen LogP) is 3.12. The number of phenolic OH excluding ortho intramolecular Hbond substituents is 1. The molecule has 9 nitrogen and oxygen atoms in total. The van der Waals surface area contributed by atoms with Crippen molar-refractivity contribution < 1.29 is 29.3 Å². The van der Waals surface area contributed by atoms with Crippen LogP contribution in [0.15, 0.2) is 28.0 Å². The monoisotopic (exact) mass is 544 g/mol. The van der Waals surface area contributed by atoms with Gasteiger partial charge in [-0.2, -0.15) is 0 Å². The SMILES string of the molecule is COc1cc([C@@H]2c3sc(=O)[nH]c3S[C@@H]3[C@H]4C[C@@H]([C@@H]5C(=O)N([C@H](CC(C)C)C(=O)O)C(=O)[C@H]45)[C@@H]23)ccc1O. The topological polar surface area (TPSA) is 137 Å². The third-order valence-corrected chi connectivity index (χ3v) is 11.2. The maximum Gasteiger partial charge on any atom is 0.326 e. The van der Waals surface area contributed by atoms with Crippen molar-refractivity contribution in [2.45, 2.75) is 48.9 Å². The minimum atomic E-state index is -1.16. The fraction of sp³-hybridized carbons (Fsp3) is 0.538. The van der Waals surface area contributed by atoms with E-state index in [9.17, 15) is 29.4 Å². The summed E-state index contributed by atoms with van der Waals surface area (Å²) in [5.41, 5.74) is 0.877. The van der Waals surface area contributed by atoms with Crippen molar-refractivity contribution in [1.82, 2.24) is 9.88 Å². The van der Waals surface area contributed by atoms with Gasteiger partial charge in [-0.1, -0.05) is 31.3 Å². The molecule has 3 heterocycles. The van der Waals surface area contributed by atoms with Crippen LogP contribution in [0.1, 0.15) is 43.0 Å². The fourth-order valence-corrected chi connectivity index (χ4v) is 10.3. The number of aliphatic carboxylic acids is 1. The number of ether oxygens (including phenoxy) is 1. The summed E-state index contributed by atoms with van der Waals surface area (Å²) in [6.45, 7) is 3.76. The number of carbonyl (C=O) groups is 3. The molecule has 196 valence electrons. The van der Waals surface area contributed by atoms with E-state index in [0.717, 1.165) is 38.1 Å². The number of likely N-dealkylation sites (tertiary alicyclic amines) is 1. The van der Waals surface area contributed by atoms with Gasteiger partial charge in [0.1, 0.15) is 6.04 Å². The Morgan fingerprint density at radius 2 is 1.89 bits per heavy atom. The van der Waals surface area contributed by atoms with Gasteiger partial charge in [0.25, 0.3) is 0 Å². The summed E-state index contributed by atoms with van der Waals surface area (Å²) in [5, 5.41) is 20.9. The summed E-state index contributed by atoms with van der Waals surface area (Å²) < 4.78 is 5.36. The van der Waals surface area contributed by atoms with Crippen molar-refractivity contribution in [2.75, 3.05) is 7.11 Å². The Balaban J connectivity index is 1.43. The summed E-state index contributed by atoms with van der Waals surface area (Å²) in [6, 6.07) is 4.02. The van der Waals surface area contributed by atoms with Crippen LogP contribution in [0.4, 0.5) is 0 Å². The highest BCUT2D eigenvalue weighted by atomic mass is 32.2. The molecule has 11 heteroatoms. The Kier molecular flexibility index (Phi) is 5.72. The lowest BCUT2D eigenvalue weighted by Crippen LogP contribution is -2.47. The summed E-state index contributed by atoms with van der Waals surface area (Å²) in [4.78, 5) is 56.7. The van der Waals surface area contributed by atoms with Gasteiger partial charge in [-0.25, -0.2) is 4.79 Å². The number of thiazole rings is 1. The minimum absolute atomic E-state index is 0.00104. The highest BCUT2D eigenvalue weighted by Crippen LogP contribution is 2.68. The van der Waals surface area contributed by atoms with Crippen molar-refractivity contribution >= 4 is 40.9 Å². The molecule has 0 radical (unpaired) electrons. The molecule has 1 saturated heterocycles. The summed E-state index contributed by atoms with van der Waals surface area (Å²) in [5.74, 6) is -3.02. The first-order valence-corrected chi connectivity index (χ1v) is 14.2. The molecule has 1 aromatic carbocycles. The molecule has 2 aliphatic carbocycles. The third kappa shape index (κ3) is 3.49. The second-order valence-corrected chi connectivity index (χ2v) is 13.1. The number of amides is 2. The number of aromatic amines is 1. The molecule has 3 fully saturated rings. The highest BCUT2D eigenvalue weighted by molar-refractivity contribution is 8.00. The number of aromatic nitrogens is 1. The van der Waals surface area contributed by atoms with Gasteiger partial charge in [0.05, 0.1) is 24.0 Å². The zero-order valence-corrected chi connectivity index (χ0v) is 22.2. The maximum absolute atomic E-state index is 13.8. The lowest BCUT2D eigenvalue weighted by Gasteiger charge is -2.43. The molecule has 2 saturated carbocycles. The number of carboxylic acids is 1. The molecule has 8 atom stereocenters. The molecule has 0 spiro atoms. The molecule has 2 aliphatic heterocycles. The normalized spacial score (nSPS) is 32.4. The molecule has 6 rings (SSSR count). The summed E-state index contributed by atoms with van der Waals surface area (Å²) in [6.07, 6.45) is 0.938. The van der Waals surface area contributed by atoms with Crippen molar-refractivity contribution in [1.29, 1.82) is 0 Å². The molecule has 2 amide bonds. The van der Waals surface area contributed by atoms with Gasteiger partial charge < -0.3 is 19.9 Å². The van der Waals surface area contributed by atoms with Crippen LogP contribution in [0.3, 0.4) is 0 Å². The number of benzene rings is 1. The Morgan fingerprint density at radius 3 is 2.54 bits per heavy atom. The van der Waals surface area contributed by atoms with Crippen LogP contribution >= 0.6 is 23.1 Å². The maximum atomic E-state index is 13.8. The quantitative estimate of drug-likeness (QED) is 0.472. The first kappa shape index (κ1) is 24.5. The van der Waals surface area contributed by atoms with E-state index in [4.69, 9.17) is 4.74 Å². The highest BCUT2D eigenvalue weighted by Gasteiger charge is 2.70. The smallest absolute Gasteiger partial charge is 0.326 e. The fourth-order valence-electron chi connectivity index (χ4n) is 7.37. The Hall–Kier alpha value is -2.79. The van der Waals surface area contributed by atoms with E-state index in [0.29, 0.717) is 5.75 Å². The number of methoxy groups -OCH3 is 1. The lowest BCUT2D eigenvalue weighted by atomic mass is 9.68. The Morgan fingerprint density at radius 1 is 1.19 bits per heavy atom. The van der Waals surface area contributed by atoms with Crippen LogP contribution in [-0.2, 0) is 14.4 Å². The molecular weight excluding hydrogens is 516 g/mol. The Bertz CT molecular complexity index is 1370. The Labute approximate surface area is 221 Å². The van der Waals surface area contributed by atoms with E-state index in [1.807, 2.05) is 19.9 Å². The second-order valence-electron chi connectivity index (χ2n) is 10.9. The van der Waals surface area contributed by atoms with Gasteiger partial charge in [0.15, 0.2) is 11.5 Å². The van der Waals surface area contributed by atoms with Gasteiger partial charge in [-0.3, -0.25) is 19.3 Å². The number of H-pyrrole nitrogens is 1. The van der Waals surface area contributed by atoms with Crippen molar-refractivity contribution in [3.63, 3.8) is 0 Å². The van der Waals surface area contributed by atoms with E-state index in [2.05, 4.69) is 4.98 Å². The molecular formula is C26H28N2O7S2. The van der Waals surface area contributed by atoms with Gasteiger partial charge in [-0.05, 0) is 54.2 Å². The number of carbonyl (C=O) groups excluding carboxylic acids is 2. The van der Waals surface area contributed by atoms with Crippen molar-refractivity contribution in [3.8, 4) is 11.5 Å². The zero-order chi connectivity index (χ0) is 26.3. The number of hydrogen-bond acceptors (Lipinski definition) is 8. The van der Waals surface area contributed by atoms with Gasteiger partial charge in [-0.15, -0.1) is 11.8 Å². The van der Waals surface area contributed by atoms with Crippen LogP contribution in [0.25, 0.3) is 0 Å². The molecule has 2 bridgehead atoms. The second kappa shape index (κ2) is 8.62. The largest absolute Gasteiger partial charge is 0.504 e. The predicted molar refractivity (Wildman–Crippen MR) is 136 cm³/mol. The molecule has 1 aromatic heterocycles. The lowest BCUT2D eigenvalue weighted by molar-refractivity contribution is -0.156. The van der Waals surface area contributed by atoms with E-state index in [1.54, 1.807) is 23.9 Å². The first-order chi connectivity index (χ1) is 17.6. The number of phenols is 1. The zero-order valence-electron chi connectivity index (χ0n) is 20.5. The third-order valence-electron chi connectivity index (χ3n) is 8.61. The average molecular weight is 545 g/mol. The number of fused-ring (bicyclic) bond motifs is 9. The van der Waals surface area contributed by atoms with Gasteiger partial charge >= 0.3 is 10.8 Å². The molecule has 2 aromatic rings. The number of imide groups is 1. The number of aromatic hydroxyl groups is 1. The summed E-state index contributed by atoms with van der Waals surface area (Å²) in [7, 11) is 1.48. The number of thioether (sulfide) groups is 1. The number of hydrogen-bond donors (Lipinski definition) is 3. The van der Waals surface area contributed by atoms with Gasteiger partial charge in [0.2, 0.25) is 11.8 Å². The van der Waals surface area contributed by atoms with E-state index < -0.39 is 23.8 Å². The van der Waals surface area contributed by atoms with E-state index >= 15 is 0 Å². The number of carboxylic acid groups (broad SMARTS) is 1. The van der Waals surface area contributed by atoms with Crippen LogP contribution in [0.2, 0.25) is 0 Å². The number of nitrogens with zero attached hydrogens (tertiary/aromatic N) is 1. The van der Waals surface area contributed by atoms with E-state index in [-0.39, 0.29) is 63.7 Å². The van der Waals surface area contributed by atoms with Crippen LogP contribution in [0.5, 0.6) is 11.5 Å². The standard InChI is InChI=1S/C26H28N2O7S2/c1-9(2)6-13(25(32)33)28-23(30)18-11-8-12(19(18)24(28)31)20-17(11)16(21-22(36-20)27-26(34)37-21)10-4-5-14(29)15(7-10)35-3/h4-5,7,9,11-13,16-20,29H,6,8H2,1-3H3,(H,27,34)(H,32,33)/t11-,12+,13-,16+,17+,18+,19-,20-/m1/s1. The van der Waals surface area contributed by atoms with Crippen LogP contribution in [0, 0.1) is 35.5 Å². The van der Waals surface area contributed by atoms with Crippen LogP contribution in [-0.4, -0.2) is 56.3 Å². The van der Waals surface area contributed by atoms with Crippen molar-refractivity contribution in [3.05, 3.63) is 38.3 Å².